The number of hydrogen-bond acceptors (Lipinski definition) is 2. The molecule has 14 heavy (non-hydrogen) atoms. The zero-order chi connectivity index (χ0) is 8.93. The largest absolute Gasteiger partial charge is 1.00 e. The molecule has 0 radical (unpaired) electrons. The highest BCUT2D eigenvalue weighted by Crippen LogP contribution is 2.03. The van der Waals surface area contributed by atoms with Crippen molar-refractivity contribution in [3.05, 3.63) is 30.3 Å². The number of halogens is 1. The molecule has 1 heterocycles. The lowest BCUT2D eigenvalue weighted by molar-refractivity contribution is -0.543. The Balaban J connectivity index is 0.000000980. The van der Waals surface area contributed by atoms with Gasteiger partial charge in [-0.05, 0) is 12.1 Å². The lowest BCUT2D eigenvalue weighted by atomic mass is 10.3. The Bertz CT molecular complexity index is 297. The van der Waals surface area contributed by atoms with E-state index in [1.54, 1.807) is 0 Å². The maximum absolute atomic E-state index is 4.37. The fourth-order valence-electron chi connectivity index (χ4n) is 1.35. The quantitative estimate of drug-likeness (QED) is 0.527. The van der Waals surface area contributed by atoms with Gasteiger partial charge >= 0.3 is 0 Å². The maximum Gasteiger partial charge on any atom is 0.298 e. The minimum atomic E-state index is 0. The highest BCUT2D eigenvalue weighted by Gasteiger charge is 2.07. The Morgan fingerprint density at radius 2 is 2.00 bits per heavy atom. The van der Waals surface area contributed by atoms with Crippen molar-refractivity contribution in [1.82, 2.24) is 0 Å². The smallest absolute Gasteiger partial charge is 0.298 e. The van der Waals surface area contributed by atoms with Crippen LogP contribution in [0.2, 0.25) is 0 Å². The van der Waals surface area contributed by atoms with Crippen molar-refractivity contribution < 1.29 is 17.7 Å². The number of hydrogen-bond donors (Lipinski definition) is 2. The van der Waals surface area contributed by atoms with Crippen molar-refractivity contribution in [2.45, 2.75) is 6.42 Å². The van der Waals surface area contributed by atoms with Gasteiger partial charge in [0.25, 0.3) is 5.96 Å². The molecule has 1 aliphatic heterocycles. The van der Waals surface area contributed by atoms with Crippen molar-refractivity contribution in [1.29, 1.82) is 0 Å². The molecule has 0 amide bonds. The Morgan fingerprint density at radius 1 is 1.21 bits per heavy atom. The summed E-state index contributed by atoms with van der Waals surface area (Å²) in [4.78, 5) is 4.37. The summed E-state index contributed by atoms with van der Waals surface area (Å²) in [6.07, 6.45) is 1.18. The summed E-state index contributed by atoms with van der Waals surface area (Å²) in [5.74, 6) is 1.01. The van der Waals surface area contributed by atoms with Crippen molar-refractivity contribution >= 4 is 11.6 Å². The standard InChI is InChI=1S/C10H13N3.ClH/c1-2-5-9(6-3-1)13-10-11-7-4-8-12-10;/h1-3,5-6H,4,7-8H2,(H2,11,12,13);1H. The van der Waals surface area contributed by atoms with Crippen LogP contribution in [0.4, 0.5) is 5.69 Å². The highest BCUT2D eigenvalue weighted by atomic mass is 35.5. The maximum atomic E-state index is 4.37. The number of aliphatic imine (C=N–C) groups is 1. The molecule has 1 aliphatic rings. The molecule has 0 saturated heterocycles. The number of guanidine groups is 1. The Labute approximate surface area is 90.0 Å². The summed E-state index contributed by atoms with van der Waals surface area (Å²) in [7, 11) is 0. The first-order valence-electron chi connectivity index (χ1n) is 4.65. The summed E-state index contributed by atoms with van der Waals surface area (Å²) in [6, 6.07) is 10.1. The Kier molecular flexibility index (Phi) is 4.43. The second-order valence-electron chi connectivity index (χ2n) is 3.10. The molecule has 1 aromatic rings. The average Bonchev–Trinajstić information content (AvgIpc) is 2.21. The first kappa shape index (κ1) is 11.0. The van der Waals surface area contributed by atoms with E-state index in [2.05, 4.69) is 15.6 Å². The number of nitrogens with zero attached hydrogens (tertiary/aromatic N) is 1. The van der Waals surface area contributed by atoms with Gasteiger partial charge in [-0.1, -0.05) is 18.2 Å². The lowest BCUT2D eigenvalue weighted by Gasteiger charge is -2.10. The number of benzene rings is 1. The monoisotopic (exact) mass is 211 g/mol. The summed E-state index contributed by atoms with van der Waals surface area (Å²) in [5, 5.41) is 5.42. The van der Waals surface area contributed by atoms with Gasteiger partial charge in [-0.25, -0.2) is 4.99 Å². The molecule has 4 heteroatoms. The van der Waals surface area contributed by atoms with E-state index in [1.807, 2.05) is 30.3 Å². The fourth-order valence-corrected chi connectivity index (χ4v) is 1.35. The minimum absolute atomic E-state index is 0. The molecule has 0 unspecified atom stereocenters. The third-order valence-electron chi connectivity index (χ3n) is 2.03. The number of anilines is 1. The van der Waals surface area contributed by atoms with E-state index in [4.69, 9.17) is 0 Å². The molecule has 0 atom stereocenters. The van der Waals surface area contributed by atoms with E-state index in [1.165, 1.54) is 6.42 Å². The molecule has 0 saturated carbocycles. The zero-order valence-electron chi connectivity index (χ0n) is 7.91. The third kappa shape index (κ3) is 3.01. The van der Waals surface area contributed by atoms with Gasteiger partial charge in [0.05, 0.1) is 13.1 Å². The van der Waals surface area contributed by atoms with Crippen LogP contribution >= 0.6 is 0 Å². The molecule has 2 rings (SSSR count). The van der Waals surface area contributed by atoms with E-state index < -0.39 is 0 Å². The average molecular weight is 212 g/mol. The van der Waals surface area contributed by atoms with Crippen LogP contribution in [0.1, 0.15) is 6.42 Å². The highest BCUT2D eigenvalue weighted by molar-refractivity contribution is 5.86. The van der Waals surface area contributed by atoms with Crippen LogP contribution < -0.4 is 23.0 Å². The molecule has 76 valence electrons. The van der Waals surface area contributed by atoms with Gasteiger partial charge in [0.15, 0.2) is 0 Å². The number of nitrogens with one attached hydrogen (secondary N) is 1. The van der Waals surface area contributed by atoms with E-state index >= 15 is 0 Å². The second-order valence-corrected chi connectivity index (χ2v) is 3.10. The molecule has 0 aromatic heterocycles. The van der Waals surface area contributed by atoms with Crippen molar-refractivity contribution in [2.75, 3.05) is 18.4 Å². The van der Waals surface area contributed by atoms with Gasteiger partial charge in [-0.3, -0.25) is 10.6 Å². The second kappa shape index (κ2) is 5.62. The predicted octanol–water partition coefficient (Wildman–Crippen LogP) is -2.57. The number of nitrogens with two attached hydrogens (primary N) is 1. The lowest BCUT2D eigenvalue weighted by Crippen LogP contribution is -3.00. The van der Waals surface area contributed by atoms with E-state index in [9.17, 15) is 0 Å². The molecule has 0 fully saturated rings. The van der Waals surface area contributed by atoms with Crippen LogP contribution in [0.25, 0.3) is 0 Å². The molecule has 1 aromatic carbocycles. The zero-order valence-corrected chi connectivity index (χ0v) is 8.67. The summed E-state index contributed by atoms with van der Waals surface area (Å²) in [5.41, 5.74) is 1.11. The number of para-hydroxylation sites is 1. The molecule has 0 spiro atoms. The van der Waals surface area contributed by atoms with Crippen LogP contribution in [-0.2, 0) is 0 Å². The van der Waals surface area contributed by atoms with Gasteiger partial charge in [0, 0.05) is 12.1 Å². The van der Waals surface area contributed by atoms with Gasteiger partial charge in [-0.2, -0.15) is 0 Å². The van der Waals surface area contributed by atoms with Gasteiger partial charge in [0.2, 0.25) is 0 Å². The number of quaternary nitrogens is 1. The summed E-state index contributed by atoms with van der Waals surface area (Å²) >= 11 is 0. The van der Waals surface area contributed by atoms with E-state index in [-0.39, 0.29) is 12.4 Å². The minimum Gasteiger partial charge on any atom is -1.00 e. The van der Waals surface area contributed by atoms with Crippen molar-refractivity contribution in [2.24, 2.45) is 4.99 Å². The fraction of sp³-hybridized carbons (Fsp3) is 0.300. The van der Waals surface area contributed by atoms with Crippen molar-refractivity contribution in [3.63, 3.8) is 0 Å². The van der Waals surface area contributed by atoms with Crippen LogP contribution in [-0.4, -0.2) is 19.0 Å². The third-order valence-corrected chi connectivity index (χ3v) is 2.03. The molecular weight excluding hydrogens is 198 g/mol. The Hall–Kier alpha value is -1.06. The first-order valence-corrected chi connectivity index (χ1v) is 4.65. The van der Waals surface area contributed by atoms with Gasteiger partial charge in [0.1, 0.15) is 0 Å². The van der Waals surface area contributed by atoms with Gasteiger partial charge in [-0.15, -0.1) is 0 Å². The first-order chi connectivity index (χ1) is 6.45. The predicted molar refractivity (Wildman–Crippen MR) is 53.8 cm³/mol. The van der Waals surface area contributed by atoms with Crippen LogP contribution in [0.3, 0.4) is 0 Å². The molecular formula is C10H14ClN3. The van der Waals surface area contributed by atoms with Gasteiger partial charge < -0.3 is 12.4 Å². The molecule has 0 bridgehead atoms. The van der Waals surface area contributed by atoms with E-state index in [0.29, 0.717) is 0 Å². The molecule has 3 N–H and O–H groups in total. The van der Waals surface area contributed by atoms with Crippen LogP contribution in [0.5, 0.6) is 0 Å². The van der Waals surface area contributed by atoms with Crippen molar-refractivity contribution in [3.8, 4) is 0 Å². The van der Waals surface area contributed by atoms with Crippen LogP contribution in [0, 0.1) is 0 Å². The SMILES string of the molecule is [Cl-].c1ccc(NC2=NCCC[NH2+]2)cc1. The number of rotatable bonds is 1. The normalized spacial score (nSPS) is 15.3. The molecule has 0 aliphatic carbocycles. The van der Waals surface area contributed by atoms with E-state index in [0.717, 1.165) is 24.7 Å². The van der Waals surface area contributed by atoms with Crippen LogP contribution in [0.15, 0.2) is 35.3 Å². The summed E-state index contributed by atoms with van der Waals surface area (Å²) < 4.78 is 0. The summed E-state index contributed by atoms with van der Waals surface area (Å²) in [6.45, 7) is 2.09. The molecule has 3 nitrogen and oxygen atoms in total. The topological polar surface area (TPSA) is 41.0 Å². The Morgan fingerprint density at radius 3 is 2.64 bits per heavy atom.